The van der Waals surface area contributed by atoms with E-state index in [0.717, 1.165) is 44.0 Å². The van der Waals surface area contributed by atoms with Crippen LogP contribution in [0.15, 0.2) is 24.3 Å². The molecule has 1 aliphatic rings. The van der Waals surface area contributed by atoms with E-state index in [-0.39, 0.29) is 6.10 Å². The number of rotatable bonds is 6. The molecule has 1 aliphatic heterocycles. The molecule has 1 N–H and O–H groups in total. The molecule has 0 bridgehead atoms. The molecule has 1 unspecified atom stereocenters. The van der Waals surface area contributed by atoms with E-state index in [1.54, 1.807) is 0 Å². The number of benzene rings is 1. The molecule has 0 saturated carbocycles. The Morgan fingerprint density at radius 1 is 1.41 bits per heavy atom. The molecular weight excluding hydrogens is 298 g/mol. The second-order valence-corrected chi connectivity index (χ2v) is 5.83. The van der Waals surface area contributed by atoms with Gasteiger partial charge in [-0.25, -0.2) is 0 Å². The normalized spacial score (nSPS) is 17.8. The molecule has 118 valence electrons. The summed E-state index contributed by atoms with van der Waals surface area (Å²) in [4.78, 5) is 0. The topological polar surface area (TPSA) is 52.1 Å². The van der Waals surface area contributed by atoms with Gasteiger partial charge >= 0.3 is 0 Å². The van der Waals surface area contributed by atoms with Crippen LogP contribution in [-0.2, 0) is 17.7 Å². The lowest BCUT2D eigenvalue weighted by Gasteiger charge is -2.12. The van der Waals surface area contributed by atoms with Gasteiger partial charge in [0.05, 0.1) is 19.3 Å². The molecule has 3 rings (SSSR count). The van der Waals surface area contributed by atoms with Gasteiger partial charge in [0.25, 0.3) is 0 Å². The van der Waals surface area contributed by atoms with Crippen molar-refractivity contribution in [3.8, 4) is 5.75 Å². The first-order valence-corrected chi connectivity index (χ1v) is 8.14. The van der Waals surface area contributed by atoms with Crippen LogP contribution in [0, 0.1) is 4.77 Å². The zero-order valence-corrected chi connectivity index (χ0v) is 13.6. The van der Waals surface area contributed by atoms with Crippen molar-refractivity contribution < 1.29 is 9.47 Å². The van der Waals surface area contributed by atoms with Crippen LogP contribution < -0.4 is 4.74 Å². The Bertz CT molecular complexity index is 657. The summed E-state index contributed by atoms with van der Waals surface area (Å²) in [6.45, 7) is 4.29. The molecular formula is C16H21N3O2S. The molecule has 5 nitrogen and oxygen atoms in total. The first-order valence-electron chi connectivity index (χ1n) is 7.73. The second-order valence-electron chi connectivity index (χ2n) is 5.44. The summed E-state index contributed by atoms with van der Waals surface area (Å²) in [6.07, 6.45) is 3.22. The smallest absolute Gasteiger partial charge is 0.195 e. The van der Waals surface area contributed by atoms with E-state index in [4.69, 9.17) is 21.7 Å². The summed E-state index contributed by atoms with van der Waals surface area (Å²) < 4.78 is 13.9. The van der Waals surface area contributed by atoms with E-state index in [9.17, 15) is 0 Å². The number of hydrogen-bond donors (Lipinski definition) is 1. The third-order valence-electron chi connectivity index (χ3n) is 3.84. The van der Waals surface area contributed by atoms with Crippen LogP contribution in [0.2, 0.25) is 0 Å². The molecule has 1 aromatic heterocycles. The molecule has 0 amide bonds. The van der Waals surface area contributed by atoms with Crippen molar-refractivity contribution in [3.05, 3.63) is 40.4 Å². The predicted octanol–water partition coefficient (Wildman–Crippen LogP) is 3.11. The van der Waals surface area contributed by atoms with E-state index >= 15 is 0 Å². The average molecular weight is 319 g/mol. The van der Waals surface area contributed by atoms with Crippen LogP contribution in [-0.4, -0.2) is 34.1 Å². The Morgan fingerprint density at radius 2 is 2.23 bits per heavy atom. The molecule has 1 atom stereocenters. The van der Waals surface area contributed by atoms with Crippen molar-refractivity contribution in [2.75, 3.05) is 13.2 Å². The molecule has 2 aromatic rings. The van der Waals surface area contributed by atoms with E-state index in [0.29, 0.717) is 11.4 Å². The maximum Gasteiger partial charge on any atom is 0.195 e. The van der Waals surface area contributed by atoms with Crippen LogP contribution in [0.4, 0.5) is 0 Å². The van der Waals surface area contributed by atoms with E-state index in [2.05, 4.69) is 26.9 Å². The Balaban J connectivity index is 1.73. The van der Waals surface area contributed by atoms with Crippen molar-refractivity contribution in [1.82, 2.24) is 14.8 Å². The molecule has 6 heteroatoms. The maximum atomic E-state index is 5.70. The van der Waals surface area contributed by atoms with Gasteiger partial charge in [-0.2, -0.15) is 5.10 Å². The standard InChI is InChI=1S/C16H21N3O2S/c1-2-20-13-7-5-12(6-8-13)10-15-17-18-16(22)19(15)11-14-4-3-9-21-14/h5-8,14H,2-4,9-11H2,1H3,(H,18,22). The van der Waals surface area contributed by atoms with Gasteiger partial charge in [0.15, 0.2) is 4.77 Å². The SMILES string of the molecule is CCOc1ccc(Cc2n[nH]c(=S)n2CC2CCCO2)cc1. The zero-order chi connectivity index (χ0) is 15.4. The molecule has 1 aromatic carbocycles. The number of aromatic amines is 1. The van der Waals surface area contributed by atoms with Gasteiger partial charge in [-0.15, -0.1) is 0 Å². The molecule has 1 saturated heterocycles. The highest BCUT2D eigenvalue weighted by atomic mass is 32.1. The van der Waals surface area contributed by atoms with E-state index in [1.165, 1.54) is 5.56 Å². The molecule has 1 fully saturated rings. The monoisotopic (exact) mass is 319 g/mol. The minimum atomic E-state index is 0.253. The van der Waals surface area contributed by atoms with Gasteiger partial charge in [-0.1, -0.05) is 12.1 Å². The molecule has 0 aliphatic carbocycles. The molecule has 0 radical (unpaired) electrons. The van der Waals surface area contributed by atoms with Crippen LogP contribution >= 0.6 is 12.2 Å². The van der Waals surface area contributed by atoms with Crippen LogP contribution in [0.3, 0.4) is 0 Å². The molecule has 2 heterocycles. The minimum Gasteiger partial charge on any atom is -0.494 e. The number of nitrogens with one attached hydrogen (secondary N) is 1. The number of ether oxygens (including phenoxy) is 2. The maximum absolute atomic E-state index is 5.70. The van der Waals surface area contributed by atoms with Crippen molar-refractivity contribution in [3.63, 3.8) is 0 Å². The van der Waals surface area contributed by atoms with Crippen molar-refractivity contribution in [2.24, 2.45) is 0 Å². The first kappa shape index (κ1) is 15.2. The van der Waals surface area contributed by atoms with E-state index < -0.39 is 0 Å². The largest absolute Gasteiger partial charge is 0.494 e. The quantitative estimate of drug-likeness (QED) is 0.831. The lowest BCUT2D eigenvalue weighted by atomic mass is 10.1. The summed E-state index contributed by atoms with van der Waals surface area (Å²) in [5.41, 5.74) is 1.19. The van der Waals surface area contributed by atoms with Crippen molar-refractivity contribution in [2.45, 2.75) is 38.8 Å². The van der Waals surface area contributed by atoms with Gasteiger partial charge in [0, 0.05) is 13.0 Å². The summed E-state index contributed by atoms with van der Waals surface area (Å²) in [6, 6.07) is 8.12. The van der Waals surface area contributed by atoms with Crippen LogP contribution in [0.1, 0.15) is 31.2 Å². The predicted molar refractivity (Wildman–Crippen MR) is 86.8 cm³/mol. The zero-order valence-electron chi connectivity index (χ0n) is 12.7. The van der Waals surface area contributed by atoms with Crippen LogP contribution in [0.5, 0.6) is 5.75 Å². The Kier molecular flexibility index (Phi) is 4.90. The summed E-state index contributed by atoms with van der Waals surface area (Å²) in [7, 11) is 0. The Labute approximate surface area is 135 Å². The van der Waals surface area contributed by atoms with Gasteiger partial charge < -0.3 is 14.0 Å². The number of nitrogens with zero attached hydrogens (tertiary/aromatic N) is 2. The van der Waals surface area contributed by atoms with Crippen LogP contribution in [0.25, 0.3) is 0 Å². The van der Waals surface area contributed by atoms with Crippen molar-refractivity contribution in [1.29, 1.82) is 0 Å². The highest BCUT2D eigenvalue weighted by Gasteiger charge is 2.18. The Morgan fingerprint density at radius 3 is 2.91 bits per heavy atom. The van der Waals surface area contributed by atoms with Crippen molar-refractivity contribution >= 4 is 12.2 Å². The number of hydrogen-bond acceptors (Lipinski definition) is 4. The fourth-order valence-corrected chi connectivity index (χ4v) is 2.94. The van der Waals surface area contributed by atoms with E-state index in [1.807, 2.05) is 19.1 Å². The fourth-order valence-electron chi connectivity index (χ4n) is 2.72. The summed E-state index contributed by atoms with van der Waals surface area (Å²) in [5, 5.41) is 7.27. The molecule has 0 spiro atoms. The summed E-state index contributed by atoms with van der Waals surface area (Å²) >= 11 is 5.35. The number of aromatic nitrogens is 3. The lowest BCUT2D eigenvalue weighted by Crippen LogP contribution is -2.17. The first-order chi connectivity index (χ1) is 10.8. The van der Waals surface area contributed by atoms with Gasteiger partial charge in [-0.3, -0.25) is 5.10 Å². The van der Waals surface area contributed by atoms with Gasteiger partial charge in [0.2, 0.25) is 0 Å². The number of H-pyrrole nitrogens is 1. The average Bonchev–Trinajstić information content (AvgIpc) is 3.15. The third-order valence-corrected chi connectivity index (χ3v) is 4.16. The summed E-state index contributed by atoms with van der Waals surface area (Å²) in [5.74, 6) is 1.84. The highest BCUT2D eigenvalue weighted by Crippen LogP contribution is 2.18. The molecule has 22 heavy (non-hydrogen) atoms. The second kappa shape index (κ2) is 7.07. The van der Waals surface area contributed by atoms with Gasteiger partial charge in [0.1, 0.15) is 11.6 Å². The fraction of sp³-hybridized carbons (Fsp3) is 0.500. The lowest BCUT2D eigenvalue weighted by molar-refractivity contribution is 0.0960. The Hall–Kier alpha value is -1.66. The highest BCUT2D eigenvalue weighted by molar-refractivity contribution is 7.71. The minimum absolute atomic E-state index is 0.253. The third kappa shape index (κ3) is 3.56. The van der Waals surface area contributed by atoms with Gasteiger partial charge in [-0.05, 0) is 49.7 Å².